The monoisotopic (exact) mass is 357 g/mol. The molecule has 0 bridgehead atoms. The molecule has 0 unspecified atom stereocenters. The maximum atomic E-state index is 12.7. The van der Waals surface area contributed by atoms with Crippen molar-refractivity contribution in [1.82, 2.24) is 10.1 Å². The van der Waals surface area contributed by atoms with Crippen LogP contribution in [-0.2, 0) is 26.3 Å². The Morgan fingerprint density at radius 1 is 1.31 bits per heavy atom. The lowest BCUT2D eigenvalue weighted by Crippen LogP contribution is -2.54. The predicted octanol–water partition coefficient (Wildman–Crippen LogP) is 2.34. The highest BCUT2D eigenvalue weighted by molar-refractivity contribution is 5.97. The summed E-state index contributed by atoms with van der Waals surface area (Å²) in [6.07, 6.45) is 0. The van der Waals surface area contributed by atoms with E-state index in [0.29, 0.717) is 6.54 Å². The van der Waals surface area contributed by atoms with Crippen LogP contribution in [0.1, 0.15) is 32.0 Å². The van der Waals surface area contributed by atoms with E-state index >= 15 is 0 Å². The van der Waals surface area contributed by atoms with Gasteiger partial charge in [0.1, 0.15) is 12.6 Å². The van der Waals surface area contributed by atoms with E-state index in [1.165, 1.54) is 4.90 Å². The van der Waals surface area contributed by atoms with Crippen LogP contribution in [0.15, 0.2) is 40.9 Å². The van der Waals surface area contributed by atoms with E-state index in [4.69, 9.17) is 9.26 Å². The van der Waals surface area contributed by atoms with Crippen molar-refractivity contribution in [3.05, 3.63) is 47.7 Å². The van der Waals surface area contributed by atoms with Crippen molar-refractivity contribution >= 4 is 17.7 Å². The van der Waals surface area contributed by atoms with Crippen molar-refractivity contribution in [3.8, 4) is 0 Å². The van der Waals surface area contributed by atoms with E-state index in [0.717, 1.165) is 11.3 Å². The molecule has 7 nitrogen and oxygen atoms in total. The smallest absolute Gasteiger partial charge is 0.251 e. The van der Waals surface area contributed by atoms with E-state index in [1.54, 1.807) is 6.07 Å². The van der Waals surface area contributed by atoms with Crippen LogP contribution in [0.25, 0.3) is 0 Å². The third-order valence-electron chi connectivity index (χ3n) is 4.22. The first-order valence-electron chi connectivity index (χ1n) is 8.54. The second-order valence-corrected chi connectivity index (χ2v) is 7.35. The number of nitrogens with one attached hydrogen (secondary N) is 1. The van der Waals surface area contributed by atoms with Gasteiger partial charge in [0, 0.05) is 18.0 Å². The van der Waals surface area contributed by atoms with Gasteiger partial charge in [-0.1, -0.05) is 56.3 Å². The number of amides is 2. The number of hydrogen-bond donors (Lipinski definition) is 1. The Balaban J connectivity index is 1.73. The summed E-state index contributed by atoms with van der Waals surface area (Å²) in [6.45, 7) is 6.49. The number of rotatable bonds is 4. The summed E-state index contributed by atoms with van der Waals surface area (Å²) in [5, 5.41) is 6.68. The Bertz CT molecular complexity index is 780. The normalized spacial score (nSPS) is 18.0. The van der Waals surface area contributed by atoms with Gasteiger partial charge in [0.05, 0.1) is 12.3 Å². The summed E-state index contributed by atoms with van der Waals surface area (Å²) in [5.74, 6) is -0.309. The average molecular weight is 357 g/mol. The van der Waals surface area contributed by atoms with Gasteiger partial charge in [-0.25, -0.2) is 0 Å². The van der Waals surface area contributed by atoms with Gasteiger partial charge in [-0.2, -0.15) is 0 Å². The molecule has 1 fully saturated rings. The molecule has 1 aliphatic heterocycles. The van der Waals surface area contributed by atoms with Gasteiger partial charge in [0.25, 0.3) is 5.91 Å². The molecule has 26 heavy (non-hydrogen) atoms. The highest BCUT2D eigenvalue weighted by atomic mass is 16.5. The minimum Gasteiger partial charge on any atom is -0.369 e. The summed E-state index contributed by atoms with van der Waals surface area (Å²) >= 11 is 0. The van der Waals surface area contributed by atoms with Gasteiger partial charge in [-0.3, -0.25) is 14.9 Å². The van der Waals surface area contributed by atoms with Crippen LogP contribution < -0.4 is 5.32 Å². The Kier molecular flexibility index (Phi) is 5.08. The topological polar surface area (TPSA) is 84.7 Å². The van der Waals surface area contributed by atoms with Crippen LogP contribution in [0.2, 0.25) is 0 Å². The average Bonchev–Trinajstić information content (AvgIpc) is 3.06. The zero-order valence-electron chi connectivity index (χ0n) is 15.2. The number of ether oxygens (including phenoxy) is 1. The van der Waals surface area contributed by atoms with Crippen molar-refractivity contribution in [2.75, 3.05) is 18.5 Å². The third kappa shape index (κ3) is 4.11. The third-order valence-corrected chi connectivity index (χ3v) is 4.22. The van der Waals surface area contributed by atoms with Crippen LogP contribution in [0.4, 0.5) is 5.88 Å². The lowest BCUT2D eigenvalue weighted by atomic mass is 9.92. The first-order chi connectivity index (χ1) is 12.3. The fourth-order valence-electron chi connectivity index (χ4n) is 2.69. The van der Waals surface area contributed by atoms with E-state index in [-0.39, 0.29) is 36.3 Å². The van der Waals surface area contributed by atoms with Gasteiger partial charge < -0.3 is 14.2 Å². The lowest BCUT2D eigenvalue weighted by molar-refractivity contribution is -0.154. The van der Waals surface area contributed by atoms with Gasteiger partial charge in [0.2, 0.25) is 11.8 Å². The van der Waals surface area contributed by atoms with Crippen LogP contribution in [0.5, 0.6) is 0 Å². The molecule has 7 heteroatoms. The van der Waals surface area contributed by atoms with Gasteiger partial charge in [-0.15, -0.1) is 0 Å². The summed E-state index contributed by atoms with van der Waals surface area (Å²) in [5.41, 5.74) is 1.51. The molecule has 1 aliphatic rings. The lowest BCUT2D eigenvalue weighted by Gasteiger charge is -2.34. The van der Waals surface area contributed by atoms with Crippen LogP contribution in [0, 0.1) is 0 Å². The molecule has 0 radical (unpaired) electrons. The second-order valence-electron chi connectivity index (χ2n) is 7.35. The van der Waals surface area contributed by atoms with E-state index < -0.39 is 6.04 Å². The van der Waals surface area contributed by atoms with Gasteiger partial charge >= 0.3 is 0 Å². The Morgan fingerprint density at radius 3 is 2.69 bits per heavy atom. The van der Waals surface area contributed by atoms with Crippen LogP contribution >= 0.6 is 0 Å². The van der Waals surface area contributed by atoms with E-state index in [1.807, 2.05) is 51.1 Å². The molecule has 2 aromatic rings. The quantitative estimate of drug-likeness (QED) is 0.908. The number of morpholine rings is 1. The van der Waals surface area contributed by atoms with Crippen molar-refractivity contribution in [3.63, 3.8) is 0 Å². The molecule has 0 aliphatic carbocycles. The molecule has 1 aromatic heterocycles. The van der Waals surface area contributed by atoms with Crippen molar-refractivity contribution in [2.24, 2.45) is 0 Å². The first-order valence-corrected chi connectivity index (χ1v) is 8.54. The summed E-state index contributed by atoms with van der Waals surface area (Å²) in [6, 6.07) is 10.5. The molecule has 1 N–H and O–H groups in total. The van der Waals surface area contributed by atoms with Gasteiger partial charge in [-0.05, 0) is 5.56 Å². The highest BCUT2D eigenvalue weighted by Gasteiger charge is 2.34. The summed E-state index contributed by atoms with van der Waals surface area (Å²) in [4.78, 5) is 26.5. The minimum atomic E-state index is -0.723. The number of carbonyl (C=O) groups is 2. The molecule has 0 spiro atoms. The Morgan fingerprint density at radius 2 is 2.04 bits per heavy atom. The van der Waals surface area contributed by atoms with Crippen molar-refractivity contribution < 1.29 is 18.8 Å². The molecular formula is C19H23N3O4. The molecule has 138 valence electrons. The molecule has 1 saturated heterocycles. The molecule has 2 amide bonds. The van der Waals surface area contributed by atoms with Gasteiger partial charge in [0.15, 0.2) is 0 Å². The Labute approximate surface area is 152 Å². The second kappa shape index (κ2) is 7.29. The zero-order chi connectivity index (χ0) is 18.7. The zero-order valence-corrected chi connectivity index (χ0v) is 15.2. The largest absolute Gasteiger partial charge is 0.369 e. The minimum absolute atomic E-state index is 0.0207. The number of hydrogen-bond acceptors (Lipinski definition) is 5. The molecule has 2 heterocycles. The molecule has 1 aromatic carbocycles. The number of aromatic nitrogens is 1. The fourth-order valence-corrected chi connectivity index (χ4v) is 2.69. The predicted molar refractivity (Wildman–Crippen MR) is 95.4 cm³/mol. The maximum absolute atomic E-state index is 12.7. The Hall–Kier alpha value is -2.67. The summed E-state index contributed by atoms with van der Waals surface area (Å²) < 4.78 is 10.5. The van der Waals surface area contributed by atoms with E-state index in [9.17, 15) is 9.59 Å². The number of nitrogens with zero attached hydrogens (tertiary/aromatic N) is 2. The number of benzene rings is 1. The fraction of sp³-hybridized carbons (Fsp3) is 0.421. The van der Waals surface area contributed by atoms with Crippen LogP contribution in [-0.4, -0.2) is 41.1 Å². The molecule has 3 rings (SSSR count). The number of carbonyl (C=O) groups excluding carboxylic acids is 2. The van der Waals surface area contributed by atoms with Crippen molar-refractivity contribution in [1.29, 1.82) is 0 Å². The van der Waals surface area contributed by atoms with Crippen molar-refractivity contribution in [2.45, 2.75) is 38.8 Å². The standard InChI is InChI=1S/C19H23N3O4/c1-19(2,3)15-9-16(26-21-15)20-18(24)14-11-25-12-17(23)22(14)10-13-7-5-4-6-8-13/h4-9,14H,10-12H2,1-3H3,(H,20,24)/t14-/m1/s1. The highest BCUT2D eigenvalue weighted by Crippen LogP contribution is 2.24. The summed E-state index contributed by atoms with van der Waals surface area (Å²) in [7, 11) is 0. The van der Waals surface area contributed by atoms with Crippen LogP contribution in [0.3, 0.4) is 0 Å². The number of anilines is 1. The van der Waals surface area contributed by atoms with E-state index in [2.05, 4.69) is 10.5 Å². The molecule has 1 atom stereocenters. The first kappa shape index (κ1) is 18.1. The molecule has 0 saturated carbocycles. The maximum Gasteiger partial charge on any atom is 0.251 e. The SMILES string of the molecule is CC(C)(C)c1cc(NC(=O)[C@H]2COCC(=O)N2Cc2ccccc2)on1. The molecular weight excluding hydrogens is 334 g/mol.